The van der Waals surface area contributed by atoms with Crippen molar-refractivity contribution in [3.05, 3.63) is 12.2 Å². The van der Waals surface area contributed by atoms with Gasteiger partial charge in [-0.2, -0.15) is 0 Å². The number of halogens is 1. The van der Waals surface area contributed by atoms with E-state index < -0.39 is 29.9 Å². The Morgan fingerprint density at radius 2 is 2.08 bits per heavy atom. The molecule has 1 heterocycles. The molecule has 142 valence electrons. The molecule has 0 radical (unpaired) electrons. The number of rotatable bonds is 9. The molecule has 0 bridgehead atoms. The first kappa shape index (κ1) is 21.1. The highest BCUT2D eigenvalue weighted by Crippen LogP contribution is 2.25. The summed E-state index contributed by atoms with van der Waals surface area (Å²) in [6.45, 7) is 8.04. The summed E-state index contributed by atoms with van der Waals surface area (Å²) in [6, 6.07) is -0.666. The van der Waals surface area contributed by atoms with Crippen LogP contribution in [0, 0.1) is 5.92 Å². The molecule has 1 aliphatic rings. The summed E-state index contributed by atoms with van der Waals surface area (Å²) in [5, 5.41) is 11.4. The maximum Gasteiger partial charge on any atom is 0.278 e. The lowest BCUT2D eigenvalue weighted by molar-refractivity contribution is -0.149. The van der Waals surface area contributed by atoms with E-state index in [4.69, 9.17) is 5.21 Å². The monoisotopic (exact) mass is 357 g/mol. The second kappa shape index (κ2) is 10.1. The van der Waals surface area contributed by atoms with Crippen LogP contribution in [-0.2, 0) is 14.4 Å². The maximum absolute atomic E-state index is 14.3. The van der Waals surface area contributed by atoms with Crippen molar-refractivity contribution in [2.24, 2.45) is 5.92 Å². The van der Waals surface area contributed by atoms with E-state index in [9.17, 15) is 18.8 Å². The molecule has 3 amide bonds. The third-order valence-electron chi connectivity index (χ3n) is 4.30. The van der Waals surface area contributed by atoms with Gasteiger partial charge in [-0.25, -0.2) is 9.87 Å². The number of nitrogens with one attached hydrogen (secondary N) is 2. The van der Waals surface area contributed by atoms with E-state index in [0.717, 1.165) is 12.0 Å². The normalized spacial score (nSPS) is 19.2. The molecule has 1 rings (SSSR count). The van der Waals surface area contributed by atoms with Crippen molar-refractivity contribution in [3.63, 3.8) is 0 Å². The summed E-state index contributed by atoms with van der Waals surface area (Å²) in [4.78, 5) is 37.9. The van der Waals surface area contributed by atoms with Gasteiger partial charge < -0.3 is 10.2 Å². The van der Waals surface area contributed by atoms with Gasteiger partial charge in [0.15, 0.2) is 6.17 Å². The number of nitrogens with zero attached hydrogens (tertiary/aromatic N) is 1. The number of hydrogen-bond acceptors (Lipinski definition) is 4. The number of hydroxylamine groups is 1. The smallest absolute Gasteiger partial charge is 0.278 e. The molecule has 1 aliphatic heterocycles. The standard InChI is InChI=1S/C17H28FN3O4/c1-4-5-7-12(14(18)16(23)20-25)17(24)21-9-6-8-13(21)15(22)19-10-11(2)3/h12-14,25H,2,4-10H2,1,3H3,(H,19,22)(H,20,23)/t12?,13-,14?/m0/s1. The zero-order valence-corrected chi connectivity index (χ0v) is 14.9. The van der Waals surface area contributed by atoms with Crippen LogP contribution in [0.3, 0.4) is 0 Å². The van der Waals surface area contributed by atoms with Crippen molar-refractivity contribution >= 4 is 17.7 Å². The minimum atomic E-state index is -2.15. The van der Waals surface area contributed by atoms with E-state index in [1.165, 1.54) is 10.4 Å². The zero-order valence-electron chi connectivity index (χ0n) is 14.9. The molecule has 0 aromatic heterocycles. The molecule has 0 aromatic carbocycles. The Hall–Kier alpha value is -1.96. The zero-order chi connectivity index (χ0) is 19.0. The molecule has 3 atom stereocenters. The second-order valence-corrected chi connectivity index (χ2v) is 6.49. The van der Waals surface area contributed by atoms with Gasteiger partial charge in [0, 0.05) is 13.1 Å². The highest BCUT2D eigenvalue weighted by Gasteiger charge is 2.41. The summed E-state index contributed by atoms with van der Waals surface area (Å²) in [7, 11) is 0. The molecule has 3 N–H and O–H groups in total. The predicted molar refractivity (Wildman–Crippen MR) is 90.4 cm³/mol. The SMILES string of the molecule is C=C(C)CNC(=O)[C@@H]1CCCN1C(=O)C(CCCC)C(F)C(=O)NO. The Labute approximate surface area is 147 Å². The molecule has 0 spiro atoms. The van der Waals surface area contributed by atoms with Crippen molar-refractivity contribution in [1.29, 1.82) is 0 Å². The lowest BCUT2D eigenvalue weighted by Gasteiger charge is -2.29. The molecule has 1 fully saturated rings. The van der Waals surface area contributed by atoms with Gasteiger partial charge in [0.05, 0.1) is 5.92 Å². The number of amides is 3. The Bertz CT molecular complexity index is 512. The second-order valence-electron chi connectivity index (χ2n) is 6.49. The van der Waals surface area contributed by atoms with Gasteiger partial charge in [-0.1, -0.05) is 31.9 Å². The fourth-order valence-corrected chi connectivity index (χ4v) is 2.94. The lowest BCUT2D eigenvalue weighted by atomic mass is 9.94. The van der Waals surface area contributed by atoms with Gasteiger partial charge >= 0.3 is 0 Å². The Kier molecular flexibility index (Phi) is 8.54. The van der Waals surface area contributed by atoms with Gasteiger partial charge in [0.2, 0.25) is 11.8 Å². The topological polar surface area (TPSA) is 98.7 Å². The number of unbranched alkanes of at least 4 members (excludes halogenated alkanes) is 1. The van der Waals surface area contributed by atoms with Crippen LogP contribution in [0.4, 0.5) is 4.39 Å². The van der Waals surface area contributed by atoms with Crippen molar-refractivity contribution in [2.45, 2.75) is 58.2 Å². The molecule has 7 nitrogen and oxygen atoms in total. The molecule has 0 aromatic rings. The highest BCUT2D eigenvalue weighted by atomic mass is 19.1. The summed E-state index contributed by atoms with van der Waals surface area (Å²) in [6.07, 6.45) is 0.470. The molecule has 8 heteroatoms. The van der Waals surface area contributed by atoms with Gasteiger partial charge in [-0.05, 0) is 26.2 Å². The number of carbonyl (C=O) groups is 3. The van der Waals surface area contributed by atoms with Gasteiger partial charge in [-0.15, -0.1) is 0 Å². The third-order valence-corrected chi connectivity index (χ3v) is 4.30. The van der Waals surface area contributed by atoms with Crippen molar-refractivity contribution in [2.75, 3.05) is 13.1 Å². The summed E-state index contributed by atoms with van der Waals surface area (Å²) in [5.41, 5.74) is 2.05. The van der Waals surface area contributed by atoms with Crippen LogP contribution in [-0.4, -0.2) is 53.1 Å². The van der Waals surface area contributed by atoms with E-state index in [0.29, 0.717) is 32.4 Å². The summed E-state index contributed by atoms with van der Waals surface area (Å²) < 4.78 is 14.3. The molecule has 25 heavy (non-hydrogen) atoms. The molecular weight excluding hydrogens is 329 g/mol. The first-order chi connectivity index (χ1) is 11.8. The average molecular weight is 357 g/mol. The van der Waals surface area contributed by atoms with E-state index in [-0.39, 0.29) is 12.3 Å². The summed E-state index contributed by atoms with van der Waals surface area (Å²) in [5.74, 6) is -3.30. The van der Waals surface area contributed by atoms with E-state index in [2.05, 4.69) is 11.9 Å². The van der Waals surface area contributed by atoms with E-state index in [1.54, 1.807) is 6.92 Å². The molecule has 2 unspecified atom stereocenters. The van der Waals surface area contributed by atoms with Gasteiger partial charge in [0.25, 0.3) is 5.91 Å². The minimum Gasteiger partial charge on any atom is -0.351 e. The Morgan fingerprint density at radius 3 is 2.64 bits per heavy atom. The highest BCUT2D eigenvalue weighted by molar-refractivity contribution is 5.92. The molecule has 0 saturated carbocycles. The van der Waals surface area contributed by atoms with Crippen molar-refractivity contribution < 1.29 is 24.0 Å². The Balaban J connectivity index is 2.87. The van der Waals surface area contributed by atoms with Gasteiger partial charge in [0.1, 0.15) is 6.04 Å². The summed E-state index contributed by atoms with van der Waals surface area (Å²) >= 11 is 0. The fraction of sp³-hybridized carbons (Fsp3) is 0.706. The van der Waals surface area contributed by atoms with Crippen LogP contribution < -0.4 is 10.8 Å². The van der Waals surface area contributed by atoms with Crippen LogP contribution >= 0.6 is 0 Å². The first-order valence-electron chi connectivity index (χ1n) is 8.64. The van der Waals surface area contributed by atoms with Crippen LogP contribution in [0.25, 0.3) is 0 Å². The molecular formula is C17H28FN3O4. The number of carbonyl (C=O) groups excluding carboxylic acids is 3. The first-order valence-corrected chi connectivity index (χ1v) is 8.64. The van der Waals surface area contributed by atoms with Crippen molar-refractivity contribution in [3.8, 4) is 0 Å². The number of alkyl halides is 1. The average Bonchev–Trinajstić information content (AvgIpc) is 3.08. The van der Waals surface area contributed by atoms with Crippen molar-refractivity contribution in [1.82, 2.24) is 15.7 Å². The van der Waals surface area contributed by atoms with E-state index in [1.807, 2.05) is 6.92 Å². The maximum atomic E-state index is 14.3. The lowest BCUT2D eigenvalue weighted by Crippen LogP contribution is -2.51. The van der Waals surface area contributed by atoms with Crippen LogP contribution in [0.1, 0.15) is 46.0 Å². The molecule has 0 aliphatic carbocycles. The quantitative estimate of drug-likeness (QED) is 0.329. The predicted octanol–water partition coefficient (Wildman–Crippen LogP) is 1.32. The van der Waals surface area contributed by atoms with Gasteiger partial charge in [-0.3, -0.25) is 19.6 Å². The van der Waals surface area contributed by atoms with Crippen LogP contribution in [0.5, 0.6) is 0 Å². The van der Waals surface area contributed by atoms with Crippen LogP contribution in [0.15, 0.2) is 12.2 Å². The van der Waals surface area contributed by atoms with Crippen LogP contribution in [0.2, 0.25) is 0 Å². The van der Waals surface area contributed by atoms with E-state index >= 15 is 0 Å². The number of likely N-dealkylation sites (tertiary alicyclic amines) is 1. The largest absolute Gasteiger partial charge is 0.351 e. The fourth-order valence-electron chi connectivity index (χ4n) is 2.94. The minimum absolute atomic E-state index is 0.181. The Morgan fingerprint density at radius 1 is 1.40 bits per heavy atom. The number of hydrogen-bond donors (Lipinski definition) is 3. The molecule has 1 saturated heterocycles. The third kappa shape index (κ3) is 5.81.